The number of carbonyl (C=O) groups excluding carboxylic acids is 1. The highest BCUT2D eigenvalue weighted by molar-refractivity contribution is 7.80. The Hall–Kier alpha value is -2.44. The van der Waals surface area contributed by atoms with E-state index in [2.05, 4.69) is 16.1 Å². The van der Waals surface area contributed by atoms with Crippen LogP contribution in [0, 0.1) is 0 Å². The van der Waals surface area contributed by atoms with Gasteiger partial charge in [0.1, 0.15) is 5.66 Å². The van der Waals surface area contributed by atoms with E-state index in [1.54, 1.807) is 5.01 Å². The number of hydrogen-bond donors (Lipinski definition) is 3. The number of anilines is 2. The van der Waals surface area contributed by atoms with E-state index in [1.807, 2.05) is 67.6 Å². The molecule has 118 valence electrons. The van der Waals surface area contributed by atoms with Gasteiger partial charge in [0.2, 0.25) is 5.91 Å². The molecule has 23 heavy (non-hydrogen) atoms. The van der Waals surface area contributed by atoms with Crippen molar-refractivity contribution in [3.05, 3.63) is 60.7 Å². The van der Waals surface area contributed by atoms with E-state index >= 15 is 0 Å². The zero-order chi connectivity index (χ0) is 16.3. The van der Waals surface area contributed by atoms with Gasteiger partial charge >= 0.3 is 0 Å². The Morgan fingerprint density at radius 2 is 1.74 bits per heavy atom. The first-order chi connectivity index (χ1) is 11.1. The third kappa shape index (κ3) is 3.67. The third-order valence-corrected chi connectivity index (χ3v) is 3.82. The van der Waals surface area contributed by atoms with Crippen molar-refractivity contribution in [1.82, 2.24) is 10.7 Å². The summed E-state index contributed by atoms with van der Waals surface area (Å²) in [5, 5.41) is 8.39. The molecule has 6 heteroatoms. The predicted octanol–water partition coefficient (Wildman–Crippen LogP) is 2.63. The van der Waals surface area contributed by atoms with Crippen molar-refractivity contribution in [1.29, 1.82) is 0 Å². The zero-order valence-corrected chi connectivity index (χ0v) is 13.6. The molecule has 2 aromatic carbocycles. The van der Waals surface area contributed by atoms with Crippen LogP contribution in [0.25, 0.3) is 0 Å². The van der Waals surface area contributed by atoms with E-state index in [1.165, 1.54) is 0 Å². The smallest absolute Gasteiger partial charge is 0.228 e. The van der Waals surface area contributed by atoms with E-state index in [0.29, 0.717) is 5.11 Å². The molecule has 2 aromatic rings. The first kappa shape index (κ1) is 15.5. The summed E-state index contributed by atoms with van der Waals surface area (Å²) in [6, 6.07) is 19.1. The maximum absolute atomic E-state index is 12.3. The number of hydrazine groups is 1. The van der Waals surface area contributed by atoms with Crippen LogP contribution in [0.5, 0.6) is 0 Å². The van der Waals surface area contributed by atoms with Crippen LogP contribution < -0.4 is 21.1 Å². The minimum atomic E-state index is -0.633. The van der Waals surface area contributed by atoms with Crippen LogP contribution in [-0.4, -0.2) is 16.7 Å². The number of para-hydroxylation sites is 2. The van der Waals surface area contributed by atoms with Crippen molar-refractivity contribution in [2.24, 2.45) is 0 Å². The second kappa shape index (κ2) is 6.36. The van der Waals surface area contributed by atoms with Crippen molar-refractivity contribution in [2.45, 2.75) is 19.0 Å². The molecule has 3 rings (SSSR count). The maximum atomic E-state index is 12.3. The van der Waals surface area contributed by atoms with E-state index in [-0.39, 0.29) is 12.3 Å². The van der Waals surface area contributed by atoms with Gasteiger partial charge in [0.05, 0.1) is 12.1 Å². The molecule has 3 N–H and O–H groups in total. The monoisotopic (exact) mass is 326 g/mol. The van der Waals surface area contributed by atoms with Crippen molar-refractivity contribution >= 4 is 34.6 Å². The average molecular weight is 326 g/mol. The van der Waals surface area contributed by atoms with Crippen molar-refractivity contribution in [2.75, 3.05) is 10.3 Å². The summed E-state index contributed by atoms with van der Waals surface area (Å²) >= 11 is 5.37. The highest BCUT2D eigenvalue weighted by Gasteiger charge is 2.38. The molecule has 5 nitrogen and oxygen atoms in total. The SMILES string of the molecule is C[C@@]1(CC(=O)Nc2ccccc2)NC(=S)N(c2ccccc2)N1. The predicted molar refractivity (Wildman–Crippen MR) is 95.9 cm³/mol. The van der Waals surface area contributed by atoms with Crippen LogP contribution in [0.4, 0.5) is 11.4 Å². The summed E-state index contributed by atoms with van der Waals surface area (Å²) in [7, 11) is 0. The van der Waals surface area contributed by atoms with Gasteiger partial charge in [0.15, 0.2) is 5.11 Å². The number of rotatable bonds is 4. The normalized spacial score (nSPS) is 20.2. The Morgan fingerprint density at radius 1 is 1.13 bits per heavy atom. The number of nitrogens with one attached hydrogen (secondary N) is 3. The molecule has 0 saturated carbocycles. The van der Waals surface area contributed by atoms with E-state index in [9.17, 15) is 4.79 Å². The molecule has 0 bridgehead atoms. The second-order valence-electron chi connectivity index (χ2n) is 5.64. The third-order valence-electron chi connectivity index (χ3n) is 3.53. The van der Waals surface area contributed by atoms with E-state index in [0.717, 1.165) is 11.4 Å². The van der Waals surface area contributed by atoms with Crippen LogP contribution >= 0.6 is 12.2 Å². The van der Waals surface area contributed by atoms with Gasteiger partial charge in [-0.05, 0) is 43.4 Å². The largest absolute Gasteiger partial charge is 0.341 e. The molecule has 1 aliphatic heterocycles. The van der Waals surface area contributed by atoms with Crippen molar-refractivity contribution < 1.29 is 4.79 Å². The Kier molecular flexibility index (Phi) is 4.27. The molecule has 1 amide bonds. The Balaban J connectivity index is 1.66. The first-order valence-electron chi connectivity index (χ1n) is 7.36. The maximum Gasteiger partial charge on any atom is 0.228 e. The quantitative estimate of drug-likeness (QED) is 0.754. The molecule has 1 fully saturated rings. The van der Waals surface area contributed by atoms with Gasteiger partial charge in [0, 0.05) is 5.69 Å². The van der Waals surface area contributed by atoms with Crippen LogP contribution in [0.1, 0.15) is 13.3 Å². The topological polar surface area (TPSA) is 56.4 Å². The fraction of sp³-hybridized carbons (Fsp3) is 0.176. The van der Waals surface area contributed by atoms with Gasteiger partial charge in [-0.1, -0.05) is 36.4 Å². The molecule has 1 saturated heterocycles. The lowest BCUT2D eigenvalue weighted by atomic mass is 10.1. The lowest BCUT2D eigenvalue weighted by Crippen LogP contribution is -2.50. The Bertz CT molecular complexity index is 707. The van der Waals surface area contributed by atoms with Gasteiger partial charge in [0.25, 0.3) is 0 Å². The summed E-state index contributed by atoms with van der Waals surface area (Å²) < 4.78 is 0. The molecule has 0 radical (unpaired) electrons. The van der Waals surface area contributed by atoms with Gasteiger partial charge in [-0.25, -0.2) is 5.43 Å². The van der Waals surface area contributed by atoms with Gasteiger partial charge in [-0.15, -0.1) is 0 Å². The van der Waals surface area contributed by atoms with E-state index in [4.69, 9.17) is 12.2 Å². The molecular weight excluding hydrogens is 308 g/mol. The molecular formula is C17H18N4OS. The van der Waals surface area contributed by atoms with Crippen LogP contribution in [-0.2, 0) is 4.79 Å². The summed E-state index contributed by atoms with van der Waals surface area (Å²) in [6.45, 7) is 1.91. The molecule has 1 atom stereocenters. The molecule has 0 spiro atoms. The number of carbonyl (C=O) groups is 1. The number of amides is 1. The van der Waals surface area contributed by atoms with Crippen LogP contribution in [0.3, 0.4) is 0 Å². The number of benzene rings is 2. The lowest BCUT2D eigenvalue weighted by molar-refractivity contribution is -0.117. The average Bonchev–Trinajstić information content (AvgIpc) is 2.83. The van der Waals surface area contributed by atoms with Gasteiger partial charge < -0.3 is 10.6 Å². The standard InChI is InChI=1S/C17H18N4OS/c1-17(12-15(22)18-13-8-4-2-5-9-13)19-16(23)21(20-17)14-10-6-3-7-11-14/h2-11,20H,12H2,1H3,(H,18,22)(H,19,23)/t17-/m1/s1. The highest BCUT2D eigenvalue weighted by atomic mass is 32.1. The fourth-order valence-electron chi connectivity index (χ4n) is 2.51. The number of thiocarbonyl (C=S) groups is 1. The van der Waals surface area contributed by atoms with Crippen LogP contribution in [0.2, 0.25) is 0 Å². The van der Waals surface area contributed by atoms with Gasteiger partial charge in [-0.2, -0.15) is 0 Å². The molecule has 1 aliphatic rings. The van der Waals surface area contributed by atoms with E-state index < -0.39 is 5.66 Å². The van der Waals surface area contributed by atoms with Crippen molar-refractivity contribution in [3.63, 3.8) is 0 Å². The number of nitrogens with zero attached hydrogens (tertiary/aromatic N) is 1. The highest BCUT2D eigenvalue weighted by Crippen LogP contribution is 2.21. The van der Waals surface area contributed by atoms with Gasteiger partial charge in [-0.3, -0.25) is 9.80 Å². The molecule has 0 unspecified atom stereocenters. The summed E-state index contributed by atoms with van der Waals surface area (Å²) in [5.74, 6) is -0.0867. The minimum Gasteiger partial charge on any atom is -0.341 e. The second-order valence-corrected chi connectivity index (χ2v) is 6.02. The summed E-state index contributed by atoms with van der Waals surface area (Å²) in [4.78, 5) is 12.3. The first-order valence-corrected chi connectivity index (χ1v) is 7.77. The summed E-state index contributed by atoms with van der Waals surface area (Å²) in [6.07, 6.45) is 0.241. The molecule has 0 aromatic heterocycles. The fourth-order valence-corrected chi connectivity index (χ4v) is 2.88. The molecule has 1 heterocycles. The number of hydrogen-bond acceptors (Lipinski definition) is 3. The Morgan fingerprint density at radius 3 is 2.39 bits per heavy atom. The lowest BCUT2D eigenvalue weighted by Gasteiger charge is -2.25. The minimum absolute atomic E-state index is 0.0867. The van der Waals surface area contributed by atoms with Crippen molar-refractivity contribution in [3.8, 4) is 0 Å². The van der Waals surface area contributed by atoms with Crippen LogP contribution in [0.15, 0.2) is 60.7 Å². The Labute approximate surface area is 140 Å². The molecule has 0 aliphatic carbocycles. The zero-order valence-electron chi connectivity index (χ0n) is 12.7. The summed E-state index contributed by atoms with van der Waals surface area (Å²) in [5.41, 5.74) is 4.34.